The van der Waals surface area contributed by atoms with Crippen molar-refractivity contribution in [3.05, 3.63) is 65.7 Å². The molecule has 0 unspecified atom stereocenters. The lowest BCUT2D eigenvalue weighted by molar-refractivity contribution is 0.782. The highest BCUT2D eigenvalue weighted by Gasteiger charge is 2.21. The summed E-state index contributed by atoms with van der Waals surface area (Å²) in [5.41, 5.74) is 2.68. The molecule has 102 valence electrons. The summed E-state index contributed by atoms with van der Waals surface area (Å²) >= 11 is 1.91. The number of aryl methyl sites for hydroxylation is 1. The average Bonchev–Trinajstić information content (AvgIpc) is 2.44. The van der Waals surface area contributed by atoms with Gasteiger partial charge in [-0.05, 0) is 38.5 Å². The first kappa shape index (κ1) is 15.8. The number of hydrogen-bond acceptors (Lipinski definition) is 1. The predicted octanol–water partition coefficient (Wildman–Crippen LogP) is 6.05. The Morgan fingerprint density at radius 2 is 1.32 bits per heavy atom. The van der Waals surface area contributed by atoms with Gasteiger partial charge in [-0.3, -0.25) is 0 Å². The Morgan fingerprint density at radius 3 is 1.84 bits per heavy atom. The summed E-state index contributed by atoms with van der Waals surface area (Å²) < 4.78 is 0.108. The van der Waals surface area contributed by atoms with E-state index in [1.54, 1.807) is 0 Å². The molecule has 0 N–H and O–H groups in total. The van der Waals surface area contributed by atoms with Crippen molar-refractivity contribution in [2.45, 2.75) is 44.3 Å². The molecule has 0 aliphatic rings. The van der Waals surface area contributed by atoms with E-state index in [1.165, 1.54) is 16.0 Å². The maximum absolute atomic E-state index is 2.27. The molecule has 0 nitrogen and oxygen atoms in total. The van der Waals surface area contributed by atoms with Crippen LogP contribution in [0.4, 0.5) is 0 Å². The molecular weight excluding hydrogens is 248 g/mol. The normalized spacial score (nSPS) is 10.6. The zero-order valence-electron chi connectivity index (χ0n) is 12.6. The molecule has 0 aromatic heterocycles. The third kappa shape index (κ3) is 4.76. The quantitative estimate of drug-likeness (QED) is 0.613. The van der Waals surface area contributed by atoms with Crippen molar-refractivity contribution in [3.8, 4) is 0 Å². The number of hydrogen-bond donors (Lipinski definition) is 0. The molecule has 0 atom stereocenters. The van der Waals surface area contributed by atoms with Crippen LogP contribution in [0.2, 0.25) is 0 Å². The number of rotatable bonds is 3. The van der Waals surface area contributed by atoms with Crippen molar-refractivity contribution in [3.63, 3.8) is 0 Å². The molecule has 0 saturated heterocycles. The van der Waals surface area contributed by atoms with Crippen molar-refractivity contribution in [2.24, 2.45) is 0 Å². The number of thioether (sulfide) groups is 1. The molecule has 0 aliphatic carbocycles. The zero-order chi connectivity index (χ0) is 14.3. The third-order valence-electron chi connectivity index (χ3n) is 2.86. The molecule has 0 radical (unpaired) electrons. The van der Waals surface area contributed by atoms with Crippen molar-refractivity contribution in [1.82, 2.24) is 0 Å². The fourth-order valence-corrected chi connectivity index (χ4v) is 2.91. The van der Waals surface area contributed by atoms with Gasteiger partial charge in [0.2, 0.25) is 0 Å². The van der Waals surface area contributed by atoms with E-state index in [2.05, 4.69) is 75.4 Å². The Bertz CT molecular complexity index is 469. The molecule has 2 aromatic carbocycles. The van der Waals surface area contributed by atoms with Gasteiger partial charge >= 0.3 is 0 Å². The average molecular weight is 272 g/mol. The Balaban J connectivity index is 0.000000861. The van der Waals surface area contributed by atoms with Gasteiger partial charge in [-0.2, -0.15) is 0 Å². The second kappa shape index (κ2) is 7.40. The van der Waals surface area contributed by atoms with E-state index in [1.807, 2.05) is 25.6 Å². The van der Waals surface area contributed by atoms with Crippen molar-refractivity contribution >= 4 is 11.8 Å². The van der Waals surface area contributed by atoms with Gasteiger partial charge in [0.05, 0.1) is 0 Å². The Kier molecular flexibility index (Phi) is 6.17. The Morgan fingerprint density at radius 1 is 0.789 bits per heavy atom. The van der Waals surface area contributed by atoms with Gasteiger partial charge in [0, 0.05) is 9.64 Å². The van der Waals surface area contributed by atoms with Gasteiger partial charge in [-0.25, -0.2) is 0 Å². The topological polar surface area (TPSA) is 0 Å². The second-order valence-corrected chi connectivity index (χ2v) is 6.49. The second-order valence-electron chi connectivity index (χ2n) is 4.79. The van der Waals surface area contributed by atoms with Crippen LogP contribution >= 0.6 is 11.8 Å². The first-order valence-corrected chi connectivity index (χ1v) is 7.71. The van der Waals surface area contributed by atoms with Crippen molar-refractivity contribution in [1.29, 1.82) is 0 Å². The maximum atomic E-state index is 2.27. The largest absolute Gasteiger partial charge is 0.115 e. The van der Waals surface area contributed by atoms with Gasteiger partial charge in [0.15, 0.2) is 0 Å². The van der Waals surface area contributed by atoms with E-state index in [-0.39, 0.29) is 4.75 Å². The minimum atomic E-state index is 0.108. The monoisotopic (exact) mass is 272 g/mol. The smallest absolute Gasteiger partial charge is 0.0399 e. The highest BCUT2D eigenvalue weighted by Crippen LogP contribution is 2.40. The van der Waals surface area contributed by atoms with E-state index in [4.69, 9.17) is 0 Å². The molecule has 0 heterocycles. The van der Waals surface area contributed by atoms with Crippen LogP contribution in [0.3, 0.4) is 0 Å². The van der Waals surface area contributed by atoms with Gasteiger partial charge in [0.25, 0.3) is 0 Å². The Hall–Kier alpha value is -1.21. The van der Waals surface area contributed by atoms with Crippen LogP contribution in [0.15, 0.2) is 59.5 Å². The van der Waals surface area contributed by atoms with E-state index in [0.29, 0.717) is 0 Å². The van der Waals surface area contributed by atoms with Gasteiger partial charge < -0.3 is 0 Å². The van der Waals surface area contributed by atoms with Gasteiger partial charge in [0.1, 0.15) is 0 Å². The molecule has 1 heteroatoms. The van der Waals surface area contributed by atoms with Crippen LogP contribution in [-0.4, -0.2) is 0 Å². The lowest BCUT2D eigenvalue weighted by atomic mass is 10.0. The molecule has 19 heavy (non-hydrogen) atoms. The summed E-state index contributed by atoms with van der Waals surface area (Å²) in [5.74, 6) is 0. The van der Waals surface area contributed by atoms with Crippen LogP contribution in [0.25, 0.3) is 0 Å². The summed E-state index contributed by atoms with van der Waals surface area (Å²) in [5, 5.41) is 0. The summed E-state index contributed by atoms with van der Waals surface area (Å²) in [4.78, 5) is 1.32. The summed E-state index contributed by atoms with van der Waals surface area (Å²) in [6.45, 7) is 10.7. The Labute approximate surface area is 122 Å². The zero-order valence-corrected chi connectivity index (χ0v) is 13.4. The van der Waals surface area contributed by atoms with Crippen LogP contribution in [0, 0.1) is 6.92 Å². The maximum Gasteiger partial charge on any atom is 0.0399 e. The third-order valence-corrected chi connectivity index (χ3v) is 4.12. The van der Waals surface area contributed by atoms with E-state index in [9.17, 15) is 0 Å². The summed E-state index contributed by atoms with van der Waals surface area (Å²) in [6.07, 6.45) is 0. The molecule has 0 fully saturated rings. The fourth-order valence-electron chi connectivity index (χ4n) is 1.80. The molecule has 0 amide bonds. The molecule has 0 bridgehead atoms. The van der Waals surface area contributed by atoms with E-state index < -0.39 is 0 Å². The van der Waals surface area contributed by atoms with Crippen molar-refractivity contribution < 1.29 is 0 Å². The molecule has 0 aliphatic heterocycles. The van der Waals surface area contributed by atoms with Crippen LogP contribution < -0.4 is 0 Å². The number of benzene rings is 2. The minimum Gasteiger partial charge on any atom is -0.115 e. The highest BCUT2D eigenvalue weighted by molar-refractivity contribution is 8.00. The van der Waals surface area contributed by atoms with Gasteiger partial charge in [-0.1, -0.05) is 61.9 Å². The molecular formula is C18H24S. The first-order chi connectivity index (χ1) is 9.08. The standard InChI is InChI=1S/C16H18S.C2H6/c1-13-9-11-15(12-10-13)17-16(2,3)14-7-5-4-6-8-14;1-2/h4-12H,1-3H3;1-2H3. The summed E-state index contributed by atoms with van der Waals surface area (Å²) in [7, 11) is 0. The van der Waals surface area contributed by atoms with Crippen LogP contribution in [-0.2, 0) is 4.75 Å². The van der Waals surface area contributed by atoms with Gasteiger partial charge in [-0.15, -0.1) is 11.8 Å². The molecule has 2 aromatic rings. The fraction of sp³-hybridized carbons (Fsp3) is 0.333. The molecule has 0 saturated carbocycles. The van der Waals surface area contributed by atoms with Crippen LogP contribution in [0.5, 0.6) is 0 Å². The SMILES string of the molecule is CC.Cc1ccc(SC(C)(C)c2ccccc2)cc1. The molecule has 0 spiro atoms. The van der Waals surface area contributed by atoms with Crippen LogP contribution in [0.1, 0.15) is 38.8 Å². The lowest BCUT2D eigenvalue weighted by Crippen LogP contribution is -2.11. The molecule has 2 rings (SSSR count). The minimum absolute atomic E-state index is 0.108. The van der Waals surface area contributed by atoms with E-state index in [0.717, 1.165) is 0 Å². The first-order valence-electron chi connectivity index (χ1n) is 6.89. The summed E-state index contributed by atoms with van der Waals surface area (Å²) in [6, 6.07) is 19.4. The van der Waals surface area contributed by atoms with E-state index >= 15 is 0 Å². The predicted molar refractivity (Wildman–Crippen MR) is 87.9 cm³/mol. The van der Waals surface area contributed by atoms with Crippen molar-refractivity contribution in [2.75, 3.05) is 0 Å². The highest BCUT2D eigenvalue weighted by atomic mass is 32.2. The lowest BCUT2D eigenvalue weighted by Gasteiger charge is -2.24.